The first-order valence-electron chi connectivity index (χ1n) is 6.15. The Morgan fingerprint density at radius 3 is 2.75 bits per heavy atom. The molecule has 1 aromatic rings. The molecular weight excluding hydrogens is 262 g/mol. The highest BCUT2D eigenvalue weighted by molar-refractivity contribution is 9.09. The molecule has 0 radical (unpaired) electrons. The number of benzene rings is 1. The van der Waals surface area contributed by atoms with Gasteiger partial charge in [0.25, 0.3) is 0 Å². The molecule has 0 aromatic heterocycles. The van der Waals surface area contributed by atoms with Crippen LogP contribution < -0.4 is 0 Å². The Balaban J connectivity index is 1.98. The summed E-state index contributed by atoms with van der Waals surface area (Å²) in [5, 5.41) is 1.08. The highest BCUT2D eigenvalue weighted by Gasteiger charge is 2.24. The molecule has 0 aliphatic heterocycles. The van der Waals surface area contributed by atoms with Crippen molar-refractivity contribution in [2.75, 3.05) is 11.9 Å². The zero-order valence-corrected chi connectivity index (χ0v) is 11.5. The Morgan fingerprint density at radius 1 is 1.38 bits per heavy atom. The van der Waals surface area contributed by atoms with Crippen molar-refractivity contribution in [3.8, 4) is 0 Å². The molecule has 16 heavy (non-hydrogen) atoms. The Hall–Kier alpha value is -0.340. The maximum Gasteiger partial charge on any atom is 0.0237 e. The molecule has 2 rings (SSSR count). The summed E-state index contributed by atoms with van der Waals surface area (Å²) in [6, 6.07) is 9.71. The van der Waals surface area contributed by atoms with Crippen molar-refractivity contribution >= 4 is 15.9 Å². The third-order valence-electron chi connectivity index (χ3n) is 3.43. The molecule has 1 nitrogen and oxygen atoms in total. The Labute approximate surface area is 107 Å². The number of alkyl halides is 1. The summed E-state index contributed by atoms with van der Waals surface area (Å²) < 4.78 is 0. The lowest BCUT2D eigenvalue weighted by Gasteiger charge is -2.37. The van der Waals surface area contributed by atoms with Gasteiger partial charge in [0.15, 0.2) is 0 Å². The molecule has 1 saturated carbocycles. The molecule has 0 unspecified atom stereocenters. The Kier molecular flexibility index (Phi) is 4.42. The number of hydrogen-bond donors (Lipinski definition) is 0. The largest absolute Gasteiger partial charge is 0.295 e. The van der Waals surface area contributed by atoms with E-state index in [2.05, 4.69) is 52.0 Å². The molecule has 0 N–H and O–H groups in total. The van der Waals surface area contributed by atoms with Crippen LogP contribution in [-0.2, 0) is 6.54 Å². The lowest BCUT2D eigenvalue weighted by Crippen LogP contribution is -2.40. The van der Waals surface area contributed by atoms with Crippen LogP contribution >= 0.6 is 15.9 Å². The van der Waals surface area contributed by atoms with Gasteiger partial charge in [-0.2, -0.15) is 0 Å². The molecule has 0 saturated heterocycles. The topological polar surface area (TPSA) is 3.24 Å². The molecular formula is C14H20BrN. The van der Waals surface area contributed by atoms with Crippen molar-refractivity contribution < 1.29 is 0 Å². The van der Waals surface area contributed by atoms with Crippen molar-refractivity contribution in [2.45, 2.75) is 38.8 Å². The predicted molar refractivity (Wildman–Crippen MR) is 73.0 cm³/mol. The molecule has 2 heteroatoms. The van der Waals surface area contributed by atoms with Gasteiger partial charge in [-0.25, -0.2) is 0 Å². The summed E-state index contributed by atoms with van der Waals surface area (Å²) >= 11 is 3.56. The fourth-order valence-corrected chi connectivity index (χ4v) is 2.75. The molecule has 1 aliphatic rings. The van der Waals surface area contributed by atoms with Crippen LogP contribution in [0.4, 0.5) is 0 Å². The normalized spacial score (nSPS) is 16.4. The number of nitrogens with zero attached hydrogens (tertiary/aromatic N) is 1. The summed E-state index contributed by atoms with van der Waals surface area (Å²) in [5.41, 5.74) is 2.82. The van der Waals surface area contributed by atoms with Gasteiger partial charge in [-0.1, -0.05) is 52.2 Å². The molecule has 88 valence electrons. The van der Waals surface area contributed by atoms with Gasteiger partial charge in [-0.05, 0) is 25.3 Å². The van der Waals surface area contributed by atoms with Crippen molar-refractivity contribution in [3.05, 3.63) is 35.4 Å². The van der Waals surface area contributed by atoms with E-state index in [9.17, 15) is 0 Å². The monoisotopic (exact) mass is 281 g/mol. The quantitative estimate of drug-likeness (QED) is 0.744. The standard InChI is InChI=1S/C14H20BrN/c1-12-4-2-5-13(10-12)11-16(9-8-15)14-6-3-7-14/h2,4-5,10,14H,3,6-9,11H2,1H3. The summed E-state index contributed by atoms with van der Waals surface area (Å²) in [6.45, 7) is 4.44. The average Bonchev–Trinajstić information content (AvgIpc) is 2.15. The van der Waals surface area contributed by atoms with Gasteiger partial charge < -0.3 is 0 Å². The first-order chi connectivity index (χ1) is 7.79. The zero-order chi connectivity index (χ0) is 11.4. The third kappa shape index (κ3) is 3.08. The van der Waals surface area contributed by atoms with Gasteiger partial charge in [-0.15, -0.1) is 0 Å². The van der Waals surface area contributed by atoms with Gasteiger partial charge >= 0.3 is 0 Å². The second-order valence-electron chi connectivity index (χ2n) is 4.73. The number of rotatable bonds is 5. The van der Waals surface area contributed by atoms with E-state index >= 15 is 0 Å². The van der Waals surface area contributed by atoms with Crippen molar-refractivity contribution in [1.82, 2.24) is 4.90 Å². The number of halogens is 1. The highest BCUT2D eigenvalue weighted by Crippen LogP contribution is 2.26. The van der Waals surface area contributed by atoms with E-state index in [4.69, 9.17) is 0 Å². The molecule has 1 fully saturated rings. The van der Waals surface area contributed by atoms with E-state index < -0.39 is 0 Å². The second-order valence-corrected chi connectivity index (χ2v) is 5.53. The molecule has 0 bridgehead atoms. The molecule has 1 aliphatic carbocycles. The Bertz CT molecular complexity index is 333. The van der Waals surface area contributed by atoms with Crippen LogP contribution in [0, 0.1) is 6.92 Å². The fourth-order valence-electron chi connectivity index (χ4n) is 2.30. The zero-order valence-electron chi connectivity index (χ0n) is 9.95. The summed E-state index contributed by atoms with van der Waals surface area (Å²) in [4.78, 5) is 2.62. The number of hydrogen-bond acceptors (Lipinski definition) is 1. The van der Waals surface area contributed by atoms with E-state index in [-0.39, 0.29) is 0 Å². The minimum Gasteiger partial charge on any atom is -0.295 e. The van der Waals surface area contributed by atoms with Gasteiger partial charge in [0.05, 0.1) is 0 Å². The van der Waals surface area contributed by atoms with Crippen LogP contribution in [0.1, 0.15) is 30.4 Å². The summed E-state index contributed by atoms with van der Waals surface area (Å²) in [5.74, 6) is 0. The lowest BCUT2D eigenvalue weighted by molar-refractivity contribution is 0.128. The van der Waals surface area contributed by atoms with Gasteiger partial charge in [-0.3, -0.25) is 4.90 Å². The van der Waals surface area contributed by atoms with Crippen LogP contribution in [0.2, 0.25) is 0 Å². The van der Waals surface area contributed by atoms with E-state index in [1.165, 1.54) is 36.9 Å². The summed E-state index contributed by atoms with van der Waals surface area (Å²) in [7, 11) is 0. The SMILES string of the molecule is Cc1cccc(CN(CCBr)C2CCC2)c1. The molecule has 1 aromatic carbocycles. The van der Waals surface area contributed by atoms with E-state index in [0.717, 1.165) is 17.9 Å². The smallest absolute Gasteiger partial charge is 0.0237 e. The van der Waals surface area contributed by atoms with Crippen molar-refractivity contribution in [1.29, 1.82) is 0 Å². The van der Waals surface area contributed by atoms with Gasteiger partial charge in [0.2, 0.25) is 0 Å². The third-order valence-corrected chi connectivity index (χ3v) is 3.79. The van der Waals surface area contributed by atoms with Crippen LogP contribution in [0.15, 0.2) is 24.3 Å². The molecule has 0 amide bonds. The van der Waals surface area contributed by atoms with Crippen LogP contribution in [0.25, 0.3) is 0 Å². The highest BCUT2D eigenvalue weighted by atomic mass is 79.9. The van der Waals surface area contributed by atoms with E-state index in [0.29, 0.717) is 0 Å². The van der Waals surface area contributed by atoms with Crippen LogP contribution in [-0.4, -0.2) is 22.8 Å². The summed E-state index contributed by atoms with van der Waals surface area (Å²) in [6.07, 6.45) is 4.19. The maximum absolute atomic E-state index is 3.56. The van der Waals surface area contributed by atoms with Crippen molar-refractivity contribution in [3.63, 3.8) is 0 Å². The lowest BCUT2D eigenvalue weighted by atomic mass is 9.91. The van der Waals surface area contributed by atoms with Gasteiger partial charge in [0, 0.05) is 24.5 Å². The average molecular weight is 282 g/mol. The Morgan fingerprint density at radius 2 is 2.19 bits per heavy atom. The first-order valence-corrected chi connectivity index (χ1v) is 7.27. The molecule has 0 heterocycles. The van der Waals surface area contributed by atoms with Crippen LogP contribution in [0.3, 0.4) is 0 Å². The van der Waals surface area contributed by atoms with Crippen LogP contribution in [0.5, 0.6) is 0 Å². The second kappa shape index (κ2) is 5.83. The minimum absolute atomic E-state index is 0.832. The number of aryl methyl sites for hydroxylation is 1. The molecule has 0 spiro atoms. The van der Waals surface area contributed by atoms with Crippen molar-refractivity contribution in [2.24, 2.45) is 0 Å². The van der Waals surface area contributed by atoms with E-state index in [1.54, 1.807) is 0 Å². The first kappa shape index (κ1) is 12.1. The molecule has 0 atom stereocenters. The fraction of sp³-hybridized carbons (Fsp3) is 0.571. The maximum atomic E-state index is 3.56. The van der Waals surface area contributed by atoms with E-state index in [1.807, 2.05) is 0 Å². The van der Waals surface area contributed by atoms with Gasteiger partial charge in [0.1, 0.15) is 0 Å². The predicted octanol–water partition coefficient (Wildman–Crippen LogP) is 3.74. The minimum atomic E-state index is 0.832.